The Hall–Kier alpha value is -2.95. The Labute approximate surface area is 197 Å². The van der Waals surface area contributed by atoms with Gasteiger partial charge >= 0.3 is 11.9 Å². The third-order valence-electron chi connectivity index (χ3n) is 5.23. The summed E-state index contributed by atoms with van der Waals surface area (Å²) in [6.07, 6.45) is 4.74. The molecular weight excluding hydrogens is 450 g/mol. The summed E-state index contributed by atoms with van der Waals surface area (Å²) in [5, 5.41) is 5.21. The van der Waals surface area contributed by atoms with Gasteiger partial charge in [-0.25, -0.2) is 4.79 Å². The third-order valence-corrected chi connectivity index (χ3v) is 6.42. The van der Waals surface area contributed by atoms with E-state index in [1.54, 1.807) is 27.9 Å². The van der Waals surface area contributed by atoms with Crippen LogP contribution in [0.5, 0.6) is 0 Å². The lowest BCUT2D eigenvalue weighted by Crippen LogP contribution is -2.36. The van der Waals surface area contributed by atoms with Crippen LogP contribution in [0.25, 0.3) is 0 Å². The number of rotatable bonds is 9. The molecular formula is C22H31N3O7S. The van der Waals surface area contributed by atoms with E-state index in [-0.39, 0.29) is 41.4 Å². The number of anilines is 1. The van der Waals surface area contributed by atoms with Crippen LogP contribution in [0.3, 0.4) is 0 Å². The molecule has 33 heavy (non-hydrogen) atoms. The summed E-state index contributed by atoms with van der Waals surface area (Å²) >= 11 is 0.948. The van der Waals surface area contributed by atoms with Crippen molar-refractivity contribution >= 4 is 46.0 Å². The maximum atomic E-state index is 12.4. The Morgan fingerprint density at radius 1 is 1.06 bits per heavy atom. The van der Waals surface area contributed by atoms with Gasteiger partial charge in [0.05, 0.1) is 17.0 Å². The minimum Gasteiger partial charge on any atom is -0.462 e. The molecule has 0 spiro atoms. The van der Waals surface area contributed by atoms with Gasteiger partial charge in [-0.05, 0) is 32.3 Å². The molecule has 0 aromatic carbocycles. The number of carbonyl (C=O) groups is 5. The number of hydrogen-bond donors (Lipinski definition) is 2. The van der Waals surface area contributed by atoms with Crippen molar-refractivity contribution in [3.8, 4) is 0 Å². The third kappa shape index (κ3) is 7.28. The first kappa shape index (κ1) is 26.3. The minimum atomic E-state index is -0.745. The van der Waals surface area contributed by atoms with Crippen LogP contribution in [-0.2, 0) is 23.9 Å². The van der Waals surface area contributed by atoms with Crippen LogP contribution in [0.1, 0.15) is 64.6 Å². The number of ether oxygens (including phenoxy) is 2. The molecule has 0 aliphatic heterocycles. The Kier molecular flexibility index (Phi) is 9.83. The van der Waals surface area contributed by atoms with Gasteiger partial charge in [0.15, 0.2) is 6.61 Å². The standard InChI is InChI=1S/C22H31N3O7S/c1-5-31-22(30)17-13(2)18(21(29)25(3)4)33-20(17)24-15(26)12-32-16(27)11-23-19(28)14-9-7-6-8-10-14/h14H,5-12H2,1-4H3,(H,23,28)(H,24,26). The number of thiophene rings is 1. The molecule has 0 bridgehead atoms. The highest BCUT2D eigenvalue weighted by atomic mass is 32.1. The van der Waals surface area contributed by atoms with Crippen LogP contribution in [-0.4, -0.2) is 68.4 Å². The number of carbonyl (C=O) groups excluding carboxylic acids is 5. The zero-order chi connectivity index (χ0) is 24.5. The van der Waals surface area contributed by atoms with Crippen LogP contribution >= 0.6 is 11.3 Å². The molecule has 0 atom stereocenters. The van der Waals surface area contributed by atoms with Crippen molar-refractivity contribution in [2.45, 2.75) is 46.0 Å². The Balaban J connectivity index is 1.96. The summed E-state index contributed by atoms with van der Waals surface area (Å²) in [6.45, 7) is 2.45. The molecule has 0 saturated heterocycles. The van der Waals surface area contributed by atoms with Crippen molar-refractivity contribution in [3.05, 3.63) is 16.0 Å². The molecule has 3 amide bonds. The zero-order valence-corrected chi connectivity index (χ0v) is 20.3. The van der Waals surface area contributed by atoms with Gasteiger partial charge in [0.1, 0.15) is 11.5 Å². The molecule has 11 heteroatoms. The summed E-state index contributed by atoms with van der Waals surface area (Å²) in [7, 11) is 3.16. The average molecular weight is 482 g/mol. The van der Waals surface area contributed by atoms with Crippen LogP contribution in [0.15, 0.2) is 0 Å². The van der Waals surface area contributed by atoms with Crippen molar-refractivity contribution in [2.24, 2.45) is 5.92 Å². The highest BCUT2D eigenvalue weighted by Gasteiger charge is 2.27. The van der Waals surface area contributed by atoms with Gasteiger partial charge in [-0.2, -0.15) is 0 Å². The molecule has 2 rings (SSSR count). The van der Waals surface area contributed by atoms with E-state index in [4.69, 9.17) is 9.47 Å². The van der Waals surface area contributed by atoms with Crippen LogP contribution in [0.4, 0.5) is 5.00 Å². The Bertz CT molecular complexity index is 904. The molecule has 1 aliphatic carbocycles. The second kappa shape index (κ2) is 12.3. The first-order valence-electron chi connectivity index (χ1n) is 10.9. The van der Waals surface area contributed by atoms with Crippen molar-refractivity contribution in [1.29, 1.82) is 0 Å². The molecule has 1 heterocycles. The lowest BCUT2D eigenvalue weighted by Gasteiger charge is -2.20. The van der Waals surface area contributed by atoms with Gasteiger partial charge in [-0.1, -0.05) is 19.3 Å². The summed E-state index contributed by atoms with van der Waals surface area (Å²) in [6, 6.07) is 0. The molecule has 1 fully saturated rings. The van der Waals surface area contributed by atoms with Gasteiger partial charge in [0, 0.05) is 20.0 Å². The van der Waals surface area contributed by atoms with E-state index >= 15 is 0 Å². The number of nitrogens with zero attached hydrogens (tertiary/aromatic N) is 1. The summed E-state index contributed by atoms with van der Waals surface area (Å²) in [4.78, 5) is 62.9. The summed E-state index contributed by atoms with van der Waals surface area (Å²) in [5.41, 5.74) is 0.487. The van der Waals surface area contributed by atoms with Gasteiger partial charge in [-0.3, -0.25) is 19.2 Å². The molecule has 182 valence electrons. The van der Waals surface area contributed by atoms with E-state index in [0.717, 1.165) is 43.4 Å². The number of esters is 2. The topological polar surface area (TPSA) is 131 Å². The van der Waals surface area contributed by atoms with Gasteiger partial charge in [0.25, 0.3) is 11.8 Å². The zero-order valence-electron chi connectivity index (χ0n) is 19.4. The van der Waals surface area contributed by atoms with Crippen LogP contribution < -0.4 is 10.6 Å². The van der Waals surface area contributed by atoms with Crippen molar-refractivity contribution in [2.75, 3.05) is 39.2 Å². The average Bonchev–Trinajstić information content (AvgIpc) is 3.11. The number of amides is 3. The van der Waals surface area contributed by atoms with Crippen LogP contribution in [0, 0.1) is 12.8 Å². The van der Waals surface area contributed by atoms with E-state index in [1.807, 2.05) is 0 Å². The second-order valence-corrected chi connectivity index (χ2v) is 8.96. The van der Waals surface area contributed by atoms with Gasteiger partial charge in [0.2, 0.25) is 5.91 Å². The smallest absolute Gasteiger partial charge is 0.341 e. The van der Waals surface area contributed by atoms with E-state index in [1.165, 1.54) is 4.90 Å². The Morgan fingerprint density at radius 2 is 1.73 bits per heavy atom. The molecule has 0 unspecified atom stereocenters. The maximum absolute atomic E-state index is 12.4. The fourth-order valence-electron chi connectivity index (χ4n) is 3.49. The van der Waals surface area contributed by atoms with E-state index in [2.05, 4.69) is 10.6 Å². The predicted octanol–water partition coefficient (Wildman–Crippen LogP) is 2.11. The largest absolute Gasteiger partial charge is 0.462 e. The summed E-state index contributed by atoms with van der Waals surface area (Å²) < 4.78 is 9.98. The van der Waals surface area contributed by atoms with Gasteiger partial charge < -0.3 is 25.0 Å². The SMILES string of the molecule is CCOC(=O)c1c(NC(=O)COC(=O)CNC(=O)C2CCCCC2)sc(C(=O)N(C)C)c1C. The van der Waals surface area contributed by atoms with Crippen molar-refractivity contribution < 1.29 is 33.4 Å². The van der Waals surface area contributed by atoms with E-state index in [0.29, 0.717) is 10.4 Å². The highest BCUT2D eigenvalue weighted by molar-refractivity contribution is 7.18. The summed E-state index contributed by atoms with van der Waals surface area (Å²) in [5.74, 6) is -2.67. The molecule has 0 radical (unpaired) electrons. The maximum Gasteiger partial charge on any atom is 0.341 e. The monoisotopic (exact) mass is 481 g/mol. The Morgan fingerprint density at radius 3 is 2.33 bits per heavy atom. The molecule has 10 nitrogen and oxygen atoms in total. The number of nitrogens with one attached hydrogen (secondary N) is 2. The predicted molar refractivity (Wildman–Crippen MR) is 122 cm³/mol. The first-order valence-corrected chi connectivity index (χ1v) is 11.7. The second-order valence-electron chi connectivity index (χ2n) is 7.94. The fourth-order valence-corrected chi connectivity index (χ4v) is 4.72. The van der Waals surface area contributed by atoms with Crippen LogP contribution in [0.2, 0.25) is 0 Å². The molecule has 2 N–H and O–H groups in total. The van der Waals surface area contributed by atoms with E-state index in [9.17, 15) is 24.0 Å². The lowest BCUT2D eigenvalue weighted by atomic mass is 9.89. The molecule has 1 aliphatic rings. The molecule has 1 saturated carbocycles. The fraction of sp³-hybridized carbons (Fsp3) is 0.591. The van der Waals surface area contributed by atoms with Crippen molar-refractivity contribution in [3.63, 3.8) is 0 Å². The van der Waals surface area contributed by atoms with Gasteiger partial charge in [-0.15, -0.1) is 11.3 Å². The minimum absolute atomic E-state index is 0.0858. The van der Waals surface area contributed by atoms with Crippen molar-refractivity contribution in [1.82, 2.24) is 10.2 Å². The first-order chi connectivity index (χ1) is 15.6. The normalized spacial score (nSPS) is 13.7. The van der Waals surface area contributed by atoms with E-state index < -0.39 is 24.5 Å². The molecule has 1 aromatic heterocycles. The lowest BCUT2D eigenvalue weighted by molar-refractivity contribution is -0.147. The molecule has 1 aromatic rings. The quantitative estimate of drug-likeness (QED) is 0.517. The highest BCUT2D eigenvalue weighted by Crippen LogP contribution is 2.34. The number of hydrogen-bond acceptors (Lipinski definition) is 8.